The van der Waals surface area contributed by atoms with Gasteiger partial charge in [-0.1, -0.05) is 24.3 Å². The van der Waals surface area contributed by atoms with Crippen molar-refractivity contribution in [1.82, 2.24) is 0 Å². The fourth-order valence-electron chi connectivity index (χ4n) is 3.47. The highest BCUT2D eigenvalue weighted by atomic mass is 32.2. The zero-order valence-corrected chi connectivity index (χ0v) is 16.0. The maximum atomic E-state index is 11.9. The van der Waals surface area contributed by atoms with Crippen molar-refractivity contribution < 1.29 is 38.9 Å². The molecule has 4 rings (SSSR count). The van der Waals surface area contributed by atoms with Crippen LogP contribution in [-0.2, 0) is 30.4 Å². The molecule has 3 N–H and O–H groups in total. The minimum absolute atomic E-state index is 0.00301. The van der Waals surface area contributed by atoms with Crippen LogP contribution in [0.2, 0.25) is 0 Å². The average molecular weight is 442 g/mol. The Morgan fingerprint density at radius 3 is 1.64 bits per heavy atom. The van der Waals surface area contributed by atoms with Gasteiger partial charge in [0.05, 0.1) is 0 Å². The van der Waals surface area contributed by atoms with E-state index in [1.807, 2.05) is 0 Å². The first kappa shape index (κ1) is 19.0. The van der Waals surface area contributed by atoms with Gasteiger partial charge in [-0.05, 0) is 29.0 Å². The molecule has 0 saturated carbocycles. The lowest BCUT2D eigenvalue weighted by atomic mass is 9.94. The summed E-state index contributed by atoms with van der Waals surface area (Å²) in [6.07, 6.45) is 0. The second kappa shape index (κ2) is 5.59. The van der Waals surface area contributed by atoms with E-state index in [1.54, 1.807) is 0 Å². The molecular weight excluding hydrogens is 432 g/mol. The van der Waals surface area contributed by atoms with Crippen LogP contribution in [0.25, 0.3) is 32.3 Å². The largest absolute Gasteiger partial charge is 0.295 e. The zero-order valence-electron chi connectivity index (χ0n) is 13.6. The monoisotopic (exact) mass is 442 g/mol. The molecule has 4 aromatic rings. The Morgan fingerprint density at radius 2 is 1.07 bits per heavy atom. The predicted molar refractivity (Wildman–Crippen MR) is 99.6 cm³/mol. The molecule has 0 bridgehead atoms. The third kappa shape index (κ3) is 2.73. The lowest BCUT2D eigenvalue weighted by molar-refractivity contribution is 0.481. The molecule has 0 saturated heterocycles. The summed E-state index contributed by atoms with van der Waals surface area (Å²) in [5, 5.41) is -0.0337. The van der Waals surface area contributed by atoms with Gasteiger partial charge in [0.25, 0.3) is 30.4 Å². The van der Waals surface area contributed by atoms with Gasteiger partial charge in [0, 0.05) is 21.5 Å². The predicted octanol–water partition coefficient (Wildman–Crippen LogP) is 2.32. The van der Waals surface area contributed by atoms with Crippen LogP contribution in [0.5, 0.6) is 0 Å². The molecule has 12 heteroatoms. The van der Waals surface area contributed by atoms with Crippen molar-refractivity contribution in [2.24, 2.45) is 0 Å². The minimum atomic E-state index is -4.83. The van der Waals surface area contributed by atoms with Crippen LogP contribution >= 0.6 is 0 Å². The van der Waals surface area contributed by atoms with Crippen LogP contribution in [0, 0.1) is 0 Å². The summed E-state index contributed by atoms with van der Waals surface area (Å²) in [6.45, 7) is 0. The third-order valence-corrected chi connectivity index (χ3v) is 7.18. The molecule has 0 heterocycles. The van der Waals surface area contributed by atoms with Gasteiger partial charge in [-0.2, -0.15) is 25.3 Å². The molecule has 4 aromatic carbocycles. The van der Waals surface area contributed by atoms with E-state index >= 15 is 0 Å². The van der Waals surface area contributed by atoms with Gasteiger partial charge in [0.2, 0.25) is 0 Å². The van der Waals surface area contributed by atoms with Gasteiger partial charge in [-0.25, -0.2) is 0 Å². The van der Waals surface area contributed by atoms with Gasteiger partial charge >= 0.3 is 0 Å². The van der Waals surface area contributed by atoms with Crippen LogP contribution < -0.4 is 0 Å². The number of hydrogen-bond acceptors (Lipinski definition) is 6. The molecule has 0 radical (unpaired) electrons. The van der Waals surface area contributed by atoms with Crippen molar-refractivity contribution in [1.29, 1.82) is 0 Å². The van der Waals surface area contributed by atoms with Crippen LogP contribution in [0.1, 0.15) is 0 Å². The van der Waals surface area contributed by atoms with Crippen LogP contribution in [0.15, 0.2) is 57.2 Å². The van der Waals surface area contributed by atoms with Gasteiger partial charge in [0.1, 0.15) is 14.7 Å². The van der Waals surface area contributed by atoms with Crippen LogP contribution in [0.4, 0.5) is 0 Å². The normalized spacial score (nSPS) is 13.7. The van der Waals surface area contributed by atoms with Gasteiger partial charge in [0.15, 0.2) is 0 Å². The first-order valence-electron chi connectivity index (χ1n) is 7.47. The molecule has 0 atom stereocenters. The van der Waals surface area contributed by atoms with Gasteiger partial charge in [-0.15, -0.1) is 0 Å². The molecule has 0 amide bonds. The Kier molecular flexibility index (Phi) is 3.79. The summed E-state index contributed by atoms with van der Waals surface area (Å²) >= 11 is 0. The van der Waals surface area contributed by atoms with Crippen molar-refractivity contribution in [3.8, 4) is 0 Å². The van der Waals surface area contributed by atoms with Crippen molar-refractivity contribution in [2.75, 3.05) is 0 Å². The Labute approximate surface area is 158 Å². The fraction of sp³-hybridized carbons (Fsp3) is 0. The van der Waals surface area contributed by atoms with E-state index < -0.39 is 45.0 Å². The van der Waals surface area contributed by atoms with Gasteiger partial charge < -0.3 is 0 Å². The third-order valence-electron chi connectivity index (χ3n) is 4.48. The summed E-state index contributed by atoms with van der Waals surface area (Å²) < 4.78 is 99.8. The van der Waals surface area contributed by atoms with E-state index in [0.717, 1.165) is 24.3 Å². The maximum Gasteiger partial charge on any atom is 0.295 e. The maximum absolute atomic E-state index is 11.9. The highest BCUT2D eigenvalue weighted by Crippen LogP contribution is 2.42. The number of benzene rings is 4. The molecule has 0 fully saturated rings. The molecule has 0 spiro atoms. The Morgan fingerprint density at radius 1 is 0.536 bits per heavy atom. The molecule has 0 aromatic heterocycles. The molecule has 0 aliphatic rings. The summed E-state index contributed by atoms with van der Waals surface area (Å²) in [4.78, 5) is -1.80. The lowest BCUT2D eigenvalue weighted by Crippen LogP contribution is -2.06. The van der Waals surface area contributed by atoms with E-state index in [9.17, 15) is 38.9 Å². The van der Waals surface area contributed by atoms with Crippen LogP contribution in [-0.4, -0.2) is 38.9 Å². The molecule has 0 aliphatic heterocycles. The van der Waals surface area contributed by atoms with Crippen molar-refractivity contribution in [2.45, 2.75) is 14.7 Å². The lowest BCUT2D eigenvalue weighted by Gasteiger charge is -2.16. The Balaban J connectivity index is 2.48. The summed E-state index contributed by atoms with van der Waals surface area (Å²) in [7, 11) is -14.3. The average Bonchev–Trinajstić information content (AvgIpc) is 2.55. The first-order chi connectivity index (χ1) is 12.8. The second-order valence-corrected chi connectivity index (χ2v) is 10.3. The SMILES string of the molecule is O=S(=O)(O)c1cc2c(S(=O)(=O)O)ccc3c(S(=O)(=O)O)cc4cccc1c4c32. The number of hydrogen-bond donors (Lipinski definition) is 3. The first-order valence-corrected chi connectivity index (χ1v) is 11.8. The Hall–Kier alpha value is -2.35. The molecule has 9 nitrogen and oxygen atoms in total. The molecule has 28 heavy (non-hydrogen) atoms. The topological polar surface area (TPSA) is 163 Å². The van der Waals surface area contributed by atoms with Gasteiger partial charge in [-0.3, -0.25) is 13.7 Å². The van der Waals surface area contributed by atoms with E-state index in [1.165, 1.54) is 18.2 Å². The van der Waals surface area contributed by atoms with E-state index in [4.69, 9.17) is 0 Å². The van der Waals surface area contributed by atoms with Crippen molar-refractivity contribution in [3.63, 3.8) is 0 Å². The molecule has 0 unspecified atom stereocenters. The second-order valence-electron chi connectivity index (χ2n) is 6.11. The smallest absolute Gasteiger partial charge is 0.282 e. The van der Waals surface area contributed by atoms with E-state index in [0.29, 0.717) is 0 Å². The minimum Gasteiger partial charge on any atom is -0.282 e. The molecule has 0 aliphatic carbocycles. The summed E-state index contributed by atoms with van der Waals surface area (Å²) in [6, 6.07) is 8.14. The standard InChI is InChI=1S/C16H10O9S3/c17-26(18,19)12-5-4-10-13(27(20,21)22)6-8-2-1-3-9-14(28(23,24)25)7-11(12)16(10)15(8)9/h1-7H,(H,17,18,19)(H,20,21,22)(H,23,24,25). The number of rotatable bonds is 3. The van der Waals surface area contributed by atoms with E-state index in [2.05, 4.69) is 0 Å². The fourth-order valence-corrected chi connectivity index (χ4v) is 5.59. The Bertz CT molecular complexity index is 1620. The quantitative estimate of drug-likeness (QED) is 0.319. The van der Waals surface area contributed by atoms with E-state index in [-0.39, 0.29) is 32.3 Å². The molecule has 146 valence electrons. The van der Waals surface area contributed by atoms with Crippen molar-refractivity contribution >= 4 is 62.7 Å². The highest BCUT2D eigenvalue weighted by molar-refractivity contribution is 7.86. The zero-order chi connectivity index (χ0) is 20.6. The summed E-state index contributed by atoms with van der Waals surface area (Å²) in [5.74, 6) is 0. The van der Waals surface area contributed by atoms with Crippen LogP contribution in [0.3, 0.4) is 0 Å². The van der Waals surface area contributed by atoms with Crippen molar-refractivity contribution in [3.05, 3.63) is 42.5 Å². The molecular formula is C16H10O9S3. The highest BCUT2D eigenvalue weighted by Gasteiger charge is 2.26. The summed E-state index contributed by atoms with van der Waals surface area (Å²) in [5.41, 5.74) is 0.